The van der Waals surface area contributed by atoms with Crippen LogP contribution in [0.2, 0.25) is 0 Å². The van der Waals surface area contributed by atoms with Gasteiger partial charge >= 0.3 is 0 Å². The Hall–Kier alpha value is -1.95. The lowest BCUT2D eigenvalue weighted by Gasteiger charge is -2.28. The standard InChI is InChI=1S/C13H17N3O3/c1-9-8-10(6-7-14-9)15-13(17)11-4-2-3-5-12(11)16(18)19/h2-5,9-10,14H,6-8H2,1H3,(H,15,17). The van der Waals surface area contributed by atoms with Gasteiger partial charge in [-0.3, -0.25) is 14.9 Å². The molecule has 0 bridgehead atoms. The van der Waals surface area contributed by atoms with Crippen molar-refractivity contribution in [1.82, 2.24) is 10.6 Å². The van der Waals surface area contributed by atoms with Gasteiger partial charge in [-0.05, 0) is 32.4 Å². The minimum atomic E-state index is -0.528. The number of hydrogen-bond donors (Lipinski definition) is 2. The Morgan fingerprint density at radius 1 is 1.47 bits per heavy atom. The van der Waals surface area contributed by atoms with Crippen molar-refractivity contribution < 1.29 is 9.72 Å². The molecule has 1 aliphatic heterocycles. The van der Waals surface area contributed by atoms with Crippen molar-refractivity contribution in [2.75, 3.05) is 6.54 Å². The monoisotopic (exact) mass is 263 g/mol. The smallest absolute Gasteiger partial charge is 0.282 e. The van der Waals surface area contributed by atoms with Gasteiger partial charge in [0.2, 0.25) is 0 Å². The van der Waals surface area contributed by atoms with E-state index < -0.39 is 4.92 Å². The summed E-state index contributed by atoms with van der Waals surface area (Å²) in [7, 11) is 0. The third-order valence-electron chi connectivity index (χ3n) is 3.30. The first-order chi connectivity index (χ1) is 9.08. The first-order valence-electron chi connectivity index (χ1n) is 6.35. The molecule has 2 N–H and O–H groups in total. The first-order valence-corrected chi connectivity index (χ1v) is 6.35. The van der Waals surface area contributed by atoms with Gasteiger partial charge in [0.1, 0.15) is 5.56 Å². The van der Waals surface area contributed by atoms with Gasteiger partial charge in [-0.25, -0.2) is 0 Å². The molecule has 0 spiro atoms. The summed E-state index contributed by atoms with van der Waals surface area (Å²) in [6.07, 6.45) is 1.68. The van der Waals surface area contributed by atoms with E-state index >= 15 is 0 Å². The van der Waals surface area contributed by atoms with E-state index in [0.717, 1.165) is 19.4 Å². The number of para-hydroxylation sites is 1. The average molecular weight is 263 g/mol. The molecular weight excluding hydrogens is 246 g/mol. The Morgan fingerprint density at radius 3 is 2.89 bits per heavy atom. The number of nitrogens with zero attached hydrogens (tertiary/aromatic N) is 1. The molecular formula is C13H17N3O3. The molecule has 2 rings (SSSR count). The van der Waals surface area contributed by atoms with Crippen LogP contribution in [0.5, 0.6) is 0 Å². The maximum atomic E-state index is 12.1. The summed E-state index contributed by atoms with van der Waals surface area (Å²) in [5.74, 6) is -0.369. The van der Waals surface area contributed by atoms with Crippen LogP contribution in [0.4, 0.5) is 5.69 Å². The van der Waals surface area contributed by atoms with Crippen LogP contribution in [0.25, 0.3) is 0 Å². The second-order valence-electron chi connectivity index (χ2n) is 4.82. The van der Waals surface area contributed by atoms with Crippen molar-refractivity contribution in [2.45, 2.75) is 31.8 Å². The van der Waals surface area contributed by atoms with Crippen molar-refractivity contribution in [3.05, 3.63) is 39.9 Å². The van der Waals surface area contributed by atoms with E-state index in [2.05, 4.69) is 17.6 Å². The second-order valence-corrected chi connectivity index (χ2v) is 4.82. The van der Waals surface area contributed by atoms with Crippen molar-refractivity contribution in [3.8, 4) is 0 Å². The summed E-state index contributed by atoms with van der Waals surface area (Å²) >= 11 is 0. The maximum absolute atomic E-state index is 12.1. The molecule has 1 saturated heterocycles. The van der Waals surface area contributed by atoms with Crippen molar-refractivity contribution >= 4 is 11.6 Å². The SMILES string of the molecule is CC1CC(NC(=O)c2ccccc2[N+](=O)[O-])CCN1. The van der Waals surface area contributed by atoms with Gasteiger partial charge in [0.15, 0.2) is 0 Å². The van der Waals surface area contributed by atoms with Gasteiger partial charge in [-0.1, -0.05) is 12.1 Å². The summed E-state index contributed by atoms with van der Waals surface area (Å²) in [6.45, 7) is 2.91. The van der Waals surface area contributed by atoms with E-state index in [0.29, 0.717) is 6.04 Å². The van der Waals surface area contributed by atoms with Crippen molar-refractivity contribution in [3.63, 3.8) is 0 Å². The largest absolute Gasteiger partial charge is 0.349 e. The number of carbonyl (C=O) groups excluding carboxylic acids is 1. The Labute approximate surface area is 111 Å². The molecule has 0 aliphatic carbocycles. The molecule has 1 aliphatic rings. The van der Waals surface area contributed by atoms with Gasteiger partial charge in [-0.2, -0.15) is 0 Å². The van der Waals surface area contributed by atoms with E-state index in [-0.39, 0.29) is 23.2 Å². The lowest BCUT2D eigenvalue weighted by atomic mass is 10.00. The normalized spacial score (nSPS) is 22.8. The molecule has 1 amide bonds. The van der Waals surface area contributed by atoms with Gasteiger partial charge < -0.3 is 10.6 Å². The van der Waals surface area contributed by atoms with Crippen LogP contribution < -0.4 is 10.6 Å². The highest BCUT2D eigenvalue weighted by Crippen LogP contribution is 2.18. The van der Waals surface area contributed by atoms with Crippen LogP contribution in [0.3, 0.4) is 0 Å². The number of rotatable bonds is 3. The van der Waals surface area contributed by atoms with Crippen molar-refractivity contribution in [1.29, 1.82) is 0 Å². The average Bonchev–Trinajstić information content (AvgIpc) is 2.38. The van der Waals surface area contributed by atoms with E-state index in [9.17, 15) is 14.9 Å². The highest BCUT2D eigenvalue weighted by molar-refractivity contribution is 5.98. The maximum Gasteiger partial charge on any atom is 0.282 e. The van der Waals surface area contributed by atoms with E-state index in [1.54, 1.807) is 12.1 Å². The fourth-order valence-corrected chi connectivity index (χ4v) is 2.35. The number of nitro groups is 1. The molecule has 1 aromatic rings. The predicted molar refractivity (Wildman–Crippen MR) is 71.0 cm³/mol. The lowest BCUT2D eigenvalue weighted by Crippen LogP contribution is -2.46. The minimum Gasteiger partial charge on any atom is -0.349 e. The molecule has 19 heavy (non-hydrogen) atoms. The molecule has 2 unspecified atom stereocenters. The first kappa shape index (κ1) is 13.5. The van der Waals surface area contributed by atoms with Crippen molar-refractivity contribution in [2.24, 2.45) is 0 Å². The van der Waals surface area contributed by atoms with Crippen LogP contribution in [0, 0.1) is 10.1 Å². The van der Waals surface area contributed by atoms with Crippen LogP contribution >= 0.6 is 0 Å². The Balaban J connectivity index is 2.09. The van der Waals surface area contributed by atoms with Crippen LogP contribution in [-0.2, 0) is 0 Å². The quantitative estimate of drug-likeness (QED) is 0.638. The molecule has 0 saturated carbocycles. The molecule has 6 nitrogen and oxygen atoms in total. The second kappa shape index (κ2) is 5.79. The zero-order valence-corrected chi connectivity index (χ0v) is 10.8. The van der Waals surface area contributed by atoms with Crippen LogP contribution in [0.1, 0.15) is 30.1 Å². The number of benzene rings is 1. The van der Waals surface area contributed by atoms with Gasteiger partial charge in [-0.15, -0.1) is 0 Å². The van der Waals surface area contributed by atoms with E-state index in [4.69, 9.17) is 0 Å². The number of amides is 1. The molecule has 1 heterocycles. The molecule has 6 heteroatoms. The number of piperidine rings is 1. The molecule has 0 radical (unpaired) electrons. The molecule has 0 aromatic heterocycles. The predicted octanol–water partition coefficient (Wildman–Crippen LogP) is 1.47. The zero-order valence-electron chi connectivity index (χ0n) is 10.8. The Morgan fingerprint density at radius 2 is 2.21 bits per heavy atom. The molecule has 1 fully saturated rings. The van der Waals surface area contributed by atoms with E-state index in [1.807, 2.05) is 0 Å². The summed E-state index contributed by atoms with van der Waals surface area (Å²) in [6, 6.07) is 6.44. The minimum absolute atomic E-state index is 0.0727. The summed E-state index contributed by atoms with van der Waals surface area (Å²) in [4.78, 5) is 22.5. The molecule has 1 aromatic carbocycles. The molecule has 102 valence electrons. The Bertz CT molecular complexity index is 490. The highest BCUT2D eigenvalue weighted by Gasteiger charge is 2.24. The lowest BCUT2D eigenvalue weighted by molar-refractivity contribution is -0.385. The summed E-state index contributed by atoms with van der Waals surface area (Å²) in [5.41, 5.74) is -0.0272. The van der Waals surface area contributed by atoms with Gasteiger partial charge in [0.05, 0.1) is 4.92 Å². The number of hydrogen-bond acceptors (Lipinski definition) is 4. The summed E-state index contributed by atoms with van der Waals surface area (Å²) in [5, 5.41) is 17.1. The van der Waals surface area contributed by atoms with Crippen LogP contribution in [-0.4, -0.2) is 29.5 Å². The fraction of sp³-hybridized carbons (Fsp3) is 0.462. The fourth-order valence-electron chi connectivity index (χ4n) is 2.35. The number of carbonyl (C=O) groups is 1. The topological polar surface area (TPSA) is 84.3 Å². The third kappa shape index (κ3) is 3.29. The van der Waals surface area contributed by atoms with Gasteiger partial charge in [0, 0.05) is 18.2 Å². The van der Waals surface area contributed by atoms with Crippen LogP contribution in [0.15, 0.2) is 24.3 Å². The number of nitrogens with one attached hydrogen (secondary N) is 2. The zero-order chi connectivity index (χ0) is 13.8. The molecule has 2 atom stereocenters. The number of nitro benzene ring substituents is 1. The summed E-state index contributed by atoms with van der Waals surface area (Å²) < 4.78 is 0. The Kier molecular flexibility index (Phi) is 4.11. The third-order valence-corrected chi connectivity index (χ3v) is 3.30. The van der Waals surface area contributed by atoms with Gasteiger partial charge in [0.25, 0.3) is 11.6 Å². The van der Waals surface area contributed by atoms with E-state index in [1.165, 1.54) is 12.1 Å². The highest BCUT2D eigenvalue weighted by atomic mass is 16.6.